The van der Waals surface area contributed by atoms with E-state index in [4.69, 9.17) is 16.2 Å². The topological polar surface area (TPSA) is 78.3 Å². The average molecular weight is 208 g/mol. The third kappa shape index (κ3) is 5.15. The van der Waals surface area contributed by atoms with Crippen LogP contribution >= 0.6 is 0 Å². The van der Waals surface area contributed by atoms with Crippen LogP contribution in [-0.4, -0.2) is 11.6 Å². The van der Waals surface area contributed by atoms with Crippen molar-refractivity contribution in [3.63, 3.8) is 0 Å². The van der Waals surface area contributed by atoms with Crippen molar-refractivity contribution in [1.29, 1.82) is 0 Å². The van der Waals surface area contributed by atoms with Crippen molar-refractivity contribution < 1.29 is 9.53 Å². The highest BCUT2D eigenvalue weighted by atomic mass is 16.5. The second-order valence-electron chi connectivity index (χ2n) is 3.83. The molecule has 0 atom stereocenters. The molecule has 1 rings (SSSR count). The number of esters is 1. The second kappa shape index (κ2) is 4.91. The van der Waals surface area contributed by atoms with Crippen molar-refractivity contribution in [2.45, 2.75) is 25.6 Å². The van der Waals surface area contributed by atoms with E-state index in [1.165, 1.54) is 0 Å². The first-order valence-electron chi connectivity index (χ1n) is 4.75. The fraction of sp³-hybridized carbons (Fsp3) is 0.364. The lowest BCUT2D eigenvalue weighted by molar-refractivity contribution is -0.146. The monoisotopic (exact) mass is 208 g/mol. The summed E-state index contributed by atoms with van der Waals surface area (Å²) in [6.07, 6.45) is 0.0137. The number of benzene rings is 1. The van der Waals surface area contributed by atoms with Gasteiger partial charge in [-0.1, -0.05) is 30.3 Å². The van der Waals surface area contributed by atoms with Crippen LogP contribution in [0.15, 0.2) is 30.3 Å². The van der Waals surface area contributed by atoms with E-state index in [2.05, 4.69) is 0 Å². The molecular weight excluding hydrogens is 192 g/mol. The van der Waals surface area contributed by atoms with E-state index < -0.39 is 5.66 Å². The minimum atomic E-state index is -1.01. The Hall–Kier alpha value is -1.39. The summed E-state index contributed by atoms with van der Waals surface area (Å²) in [4.78, 5) is 11.2. The molecule has 0 amide bonds. The Bertz CT molecular complexity index is 317. The molecule has 0 spiro atoms. The standard InChI is InChI=1S/C11H16N2O2/c1-11(12,13)7-10(14)15-8-9-5-3-2-4-6-9/h2-6H,7-8,12-13H2,1H3. The molecule has 15 heavy (non-hydrogen) atoms. The van der Waals surface area contributed by atoms with Crippen LogP contribution in [-0.2, 0) is 16.1 Å². The largest absolute Gasteiger partial charge is 0.461 e. The second-order valence-corrected chi connectivity index (χ2v) is 3.83. The summed E-state index contributed by atoms with van der Waals surface area (Å²) in [5.74, 6) is -0.383. The molecule has 0 aliphatic rings. The van der Waals surface area contributed by atoms with Crippen molar-refractivity contribution in [3.05, 3.63) is 35.9 Å². The van der Waals surface area contributed by atoms with Gasteiger partial charge >= 0.3 is 5.97 Å². The molecule has 0 saturated heterocycles. The molecule has 1 aromatic rings. The molecule has 82 valence electrons. The van der Waals surface area contributed by atoms with Crippen LogP contribution in [0.3, 0.4) is 0 Å². The Balaban J connectivity index is 2.35. The normalized spacial score (nSPS) is 11.1. The molecule has 0 bridgehead atoms. The molecule has 1 aromatic carbocycles. The van der Waals surface area contributed by atoms with Gasteiger partial charge in [-0.15, -0.1) is 0 Å². The van der Waals surface area contributed by atoms with Crippen molar-refractivity contribution >= 4 is 5.97 Å². The van der Waals surface area contributed by atoms with Crippen LogP contribution in [0.2, 0.25) is 0 Å². The first-order chi connectivity index (χ1) is 6.97. The summed E-state index contributed by atoms with van der Waals surface area (Å²) in [6, 6.07) is 9.45. The average Bonchev–Trinajstić information content (AvgIpc) is 2.14. The molecule has 0 aromatic heterocycles. The SMILES string of the molecule is CC(N)(N)CC(=O)OCc1ccccc1. The third-order valence-electron chi connectivity index (χ3n) is 1.77. The number of rotatable bonds is 4. The summed E-state index contributed by atoms with van der Waals surface area (Å²) in [7, 11) is 0. The van der Waals surface area contributed by atoms with E-state index in [9.17, 15) is 4.79 Å². The van der Waals surface area contributed by atoms with Gasteiger partial charge in [-0.3, -0.25) is 4.79 Å². The molecule has 4 heteroatoms. The van der Waals surface area contributed by atoms with Gasteiger partial charge in [0.05, 0.1) is 12.1 Å². The molecule has 4 N–H and O–H groups in total. The van der Waals surface area contributed by atoms with Gasteiger partial charge in [0.25, 0.3) is 0 Å². The van der Waals surface area contributed by atoms with E-state index in [1.807, 2.05) is 30.3 Å². The van der Waals surface area contributed by atoms with Crippen LogP contribution in [0.1, 0.15) is 18.9 Å². The van der Waals surface area contributed by atoms with Gasteiger partial charge in [-0.25, -0.2) is 0 Å². The Kier molecular flexibility index (Phi) is 3.82. The third-order valence-corrected chi connectivity index (χ3v) is 1.77. The zero-order valence-corrected chi connectivity index (χ0v) is 8.77. The molecule has 0 heterocycles. The minimum absolute atomic E-state index is 0.0137. The summed E-state index contributed by atoms with van der Waals surface area (Å²) in [5, 5.41) is 0. The Morgan fingerprint density at radius 1 is 1.33 bits per heavy atom. The van der Waals surface area contributed by atoms with Crippen LogP contribution in [0, 0.1) is 0 Å². The van der Waals surface area contributed by atoms with E-state index in [1.54, 1.807) is 6.92 Å². The smallest absolute Gasteiger partial charge is 0.309 e. The first kappa shape index (κ1) is 11.7. The lowest BCUT2D eigenvalue weighted by Crippen LogP contribution is -2.47. The predicted molar refractivity (Wildman–Crippen MR) is 57.6 cm³/mol. The van der Waals surface area contributed by atoms with Crippen LogP contribution in [0.25, 0.3) is 0 Å². The molecule has 0 aliphatic carbocycles. The van der Waals surface area contributed by atoms with E-state index in [0.717, 1.165) is 5.56 Å². The maximum absolute atomic E-state index is 11.2. The van der Waals surface area contributed by atoms with E-state index >= 15 is 0 Å². The van der Waals surface area contributed by atoms with Crippen LogP contribution in [0.5, 0.6) is 0 Å². The molecule has 0 aliphatic heterocycles. The van der Waals surface area contributed by atoms with Gasteiger partial charge in [-0.05, 0) is 12.5 Å². The summed E-state index contributed by atoms with van der Waals surface area (Å²) in [5.41, 5.74) is 10.9. The van der Waals surface area contributed by atoms with Gasteiger partial charge in [-0.2, -0.15) is 0 Å². The fourth-order valence-electron chi connectivity index (χ4n) is 1.10. The molecular formula is C11H16N2O2. The number of carbonyl (C=O) groups is 1. The Morgan fingerprint density at radius 3 is 2.47 bits per heavy atom. The van der Waals surface area contributed by atoms with Gasteiger partial charge in [0, 0.05) is 0 Å². The minimum Gasteiger partial charge on any atom is -0.461 e. The quantitative estimate of drug-likeness (QED) is 0.565. The summed E-state index contributed by atoms with van der Waals surface area (Å²) < 4.78 is 5.01. The number of ether oxygens (including phenoxy) is 1. The van der Waals surface area contributed by atoms with Gasteiger partial charge in [0.2, 0.25) is 0 Å². The number of carbonyl (C=O) groups excluding carboxylic acids is 1. The molecule has 4 nitrogen and oxygen atoms in total. The van der Waals surface area contributed by atoms with Crippen molar-refractivity contribution in [1.82, 2.24) is 0 Å². The van der Waals surface area contributed by atoms with Crippen molar-refractivity contribution in [2.24, 2.45) is 11.5 Å². The predicted octanol–water partition coefficient (Wildman–Crippen LogP) is 0.753. The highest BCUT2D eigenvalue weighted by molar-refractivity contribution is 5.70. The van der Waals surface area contributed by atoms with E-state index in [-0.39, 0.29) is 19.0 Å². The highest BCUT2D eigenvalue weighted by Crippen LogP contribution is 2.04. The van der Waals surface area contributed by atoms with E-state index in [0.29, 0.717) is 0 Å². The molecule has 0 fully saturated rings. The van der Waals surface area contributed by atoms with Gasteiger partial charge in [0.15, 0.2) is 0 Å². The number of hydrogen-bond acceptors (Lipinski definition) is 4. The summed E-state index contributed by atoms with van der Waals surface area (Å²) in [6.45, 7) is 1.84. The maximum atomic E-state index is 11.2. The zero-order chi connectivity index (χ0) is 11.3. The zero-order valence-electron chi connectivity index (χ0n) is 8.77. The number of nitrogens with two attached hydrogens (primary N) is 2. The Labute approximate surface area is 89.2 Å². The lowest BCUT2D eigenvalue weighted by Gasteiger charge is -2.16. The summed E-state index contributed by atoms with van der Waals surface area (Å²) >= 11 is 0. The van der Waals surface area contributed by atoms with Crippen LogP contribution in [0.4, 0.5) is 0 Å². The number of hydrogen-bond donors (Lipinski definition) is 2. The van der Waals surface area contributed by atoms with Gasteiger partial charge in [0.1, 0.15) is 6.61 Å². The maximum Gasteiger partial charge on any atom is 0.309 e. The molecule has 0 saturated carbocycles. The Morgan fingerprint density at radius 2 is 1.93 bits per heavy atom. The van der Waals surface area contributed by atoms with Gasteiger partial charge < -0.3 is 16.2 Å². The van der Waals surface area contributed by atoms with Crippen molar-refractivity contribution in [3.8, 4) is 0 Å². The first-order valence-corrected chi connectivity index (χ1v) is 4.75. The van der Waals surface area contributed by atoms with Crippen LogP contribution < -0.4 is 11.5 Å². The highest BCUT2D eigenvalue weighted by Gasteiger charge is 2.17. The fourth-order valence-corrected chi connectivity index (χ4v) is 1.10. The lowest BCUT2D eigenvalue weighted by atomic mass is 10.1. The molecule has 0 unspecified atom stereocenters. The van der Waals surface area contributed by atoms with Crippen molar-refractivity contribution in [2.75, 3.05) is 0 Å². The molecule has 0 radical (unpaired) electrons.